The van der Waals surface area contributed by atoms with Crippen LogP contribution in [-0.2, 0) is 6.42 Å². The molecule has 0 saturated carbocycles. The fourth-order valence-electron chi connectivity index (χ4n) is 2.35. The van der Waals surface area contributed by atoms with Crippen molar-refractivity contribution in [3.63, 3.8) is 0 Å². The normalized spacial score (nSPS) is 20.2. The summed E-state index contributed by atoms with van der Waals surface area (Å²) in [5.41, 5.74) is 2.89. The van der Waals surface area contributed by atoms with E-state index in [2.05, 4.69) is 59.9 Å². The van der Waals surface area contributed by atoms with Crippen LogP contribution in [0.4, 0.5) is 0 Å². The Labute approximate surface area is 119 Å². The van der Waals surface area contributed by atoms with E-state index in [0.717, 1.165) is 29.7 Å². The molecule has 1 aliphatic heterocycles. The summed E-state index contributed by atoms with van der Waals surface area (Å²) in [7, 11) is -1.55. The molecule has 0 radical (unpaired) electrons. The Morgan fingerprint density at radius 1 is 1.33 bits per heavy atom. The zero-order valence-corrected chi connectivity index (χ0v) is 14.2. The van der Waals surface area contributed by atoms with Gasteiger partial charge in [0.25, 0.3) is 0 Å². The fourth-order valence-corrected chi connectivity index (χ4v) is 3.79. The standard InChI is InChI=1S/C14H22BrNOSi/c1-10-9-16-6-5-11-7-13(15)14(8-12(10)11)17-18(2,3)4/h7-8,10,16H,5-6,9H2,1-4H3. The second kappa shape index (κ2) is 5.35. The van der Waals surface area contributed by atoms with Gasteiger partial charge in [-0.1, -0.05) is 6.92 Å². The smallest absolute Gasteiger partial charge is 0.242 e. The van der Waals surface area contributed by atoms with Gasteiger partial charge >= 0.3 is 0 Å². The van der Waals surface area contributed by atoms with Gasteiger partial charge in [-0.2, -0.15) is 0 Å². The molecule has 0 fully saturated rings. The monoisotopic (exact) mass is 327 g/mol. The first-order valence-corrected chi connectivity index (χ1v) is 10.8. The second-order valence-electron chi connectivity index (χ2n) is 6.05. The zero-order valence-electron chi connectivity index (χ0n) is 11.6. The molecular formula is C14H22BrNOSi. The molecule has 1 aliphatic rings. The van der Waals surface area contributed by atoms with E-state index in [4.69, 9.17) is 4.43 Å². The summed E-state index contributed by atoms with van der Waals surface area (Å²) in [6.07, 6.45) is 1.10. The van der Waals surface area contributed by atoms with Crippen LogP contribution >= 0.6 is 15.9 Å². The Morgan fingerprint density at radius 2 is 2.06 bits per heavy atom. The van der Waals surface area contributed by atoms with Crippen molar-refractivity contribution in [3.8, 4) is 5.75 Å². The molecule has 18 heavy (non-hydrogen) atoms. The van der Waals surface area contributed by atoms with Gasteiger partial charge in [0, 0.05) is 6.54 Å². The van der Waals surface area contributed by atoms with E-state index in [-0.39, 0.29) is 0 Å². The maximum absolute atomic E-state index is 6.16. The van der Waals surface area contributed by atoms with E-state index in [1.54, 1.807) is 0 Å². The first kappa shape index (κ1) is 14.1. The molecule has 0 amide bonds. The minimum Gasteiger partial charge on any atom is -0.544 e. The predicted molar refractivity (Wildman–Crippen MR) is 83.1 cm³/mol. The van der Waals surface area contributed by atoms with Crippen LogP contribution in [0.5, 0.6) is 5.75 Å². The van der Waals surface area contributed by atoms with Crippen LogP contribution in [0.25, 0.3) is 0 Å². The van der Waals surface area contributed by atoms with Crippen molar-refractivity contribution in [1.29, 1.82) is 0 Å². The number of rotatable bonds is 2. The topological polar surface area (TPSA) is 21.3 Å². The Balaban J connectivity index is 2.39. The van der Waals surface area contributed by atoms with Gasteiger partial charge in [-0.3, -0.25) is 0 Å². The van der Waals surface area contributed by atoms with Crippen molar-refractivity contribution in [3.05, 3.63) is 27.7 Å². The highest BCUT2D eigenvalue weighted by Crippen LogP contribution is 2.34. The van der Waals surface area contributed by atoms with E-state index in [1.165, 1.54) is 11.1 Å². The Morgan fingerprint density at radius 3 is 2.72 bits per heavy atom. The number of nitrogens with one attached hydrogen (secondary N) is 1. The Bertz CT molecular complexity index is 442. The highest BCUT2D eigenvalue weighted by Gasteiger charge is 2.21. The molecule has 1 aromatic carbocycles. The third-order valence-corrected chi connectivity index (χ3v) is 4.61. The van der Waals surface area contributed by atoms with Crippen molar-refractivity contribution in [2.45, 2.75) is 38.9 Å². The first-order chi connectivity index (χ1) is 8.37. The summed E-state index contributed by atoms with van der Waals surface area (Å²) in [6, 6.07) is 4.49. The zero-order chi connectivity index (χ0) is 13.3. The number of benzene rings is 1. The largest absolute Gasteiger partial charge is 0.544 e. The van der Waals surface area contributed by atoms with Crippen LogP contribution in [0.2, 0.25) is 19.6 Å². The summed E-state index contributed by atoms with van der Waals surface area (Å²) in [6.45, 7) is 11.1. The first-order valence-electron chi connectivity index (χ1n) is 6.59. The minimum atomic E-state index is -1.55. The van der Waals surface area contributed by atoms with Gasteiger partial charge < -0.3 is 9.74 Å². The van der Waals surface area contributed by atoms with Gasteiger partial charge in [0.05, 0.1) is 4.47 Å². The van der Waals surface area contributed by atoms with Crippen molar-refractivity contribution < 1.29 is 4.43 Å². The Hall–Kier alpha value is -0.323. The van der Waals surface area contributed by atoms with Gasteiger partial charge in [-0.05, 0) is 77.7 Å². The van der Waals surface area contributed by atoms with Crippen molar-refractivity contribution in [2.75, 3.05) is 13.1 Å². The van der Waals surface area contributed by atoms with Crippen LogP contribution in [0, 0.1) is 0 Å². The minimum absolute atomic E-state index is 0.555. The van der Waals surface area contributed by atoms with Crippen molar-refractivity contribution in [2.24, 2.45) is 0 Å². The molecular weight excluding hydrogens is 306 g/mol. The summed E-state index contributed by atoms with van der Waals surface area (Å²) < 4.78 is 7.25. The van der Waals surface area contributed by atoms with Crippen LogP contribution in [-0.4, -0.2) is 21.4 Å². The molecule has 0 aliphatic carbocycles. The molecule has 0 aromatic heterocycles. The lowest BCUT2D eigenvalue weighted by molar-refractivity contribution is 0.551. The van der Waals surface area contributed by atoms with Gasteiger partial charge in [-0.25, -0.2) is 0 Å². The molecule has 0 saturated heterocycles. The maximum Gasteiger partial charge on any atom is 0.242 e. The lowest BCUT2D eigenvalue weighted by Gasteiger charge is -2.23. The van der Waals surface area contributed by atoms with Gasteiger partial charge in [-0.15, -0.1) is 0 Å². The van der Waals surface area contributed by atoms with Gasteiger partial charge in [0.15, 0.2) is 0 Å². The SMILES string of the molecule is CC1CNCCc2cc(Br)c(O[Si](C)(C)C)cc21. The van der Waals surface area contributed by atoms with Gasteiger partial charge in [0.1, 0.15) is 5.75 Å². The van der Waals surface area contributed by atoms with E-state index in [9.17, 15) is 0 Å². The molecule has 100 valence electrons. The molecule has 4 heteroatoms. The quantitative estimate of drug-likeness (QED) is 0.831. The fraction of sp³-hybridized carbons (Fsp3) is 0.571. The number of hydrogen-bond acceptors (Lipinski definition) is 2. The highest BCUT2D eigenvalue weighted by molar-refractivity contribution is 9.10. The summed E-state index contributed by atoms with van der Waals surface area (Å²) in [5.74, 6) is 1.57. The average Bonchev–Trinajstić information content (AvgIpc) is 2.40. The van der Waals surface area contributed by atoms with E-state index in [0.29, 0.717) is 5.92 Å². The van der Waals surface area contributed by atoms with Crippen LogP contribution < -0.4 is 9.74 Å². The van der Waals surface area contributed by atoms with Crippen LogP contribution in [0.15, 0.2) is 16.6 Å². The van der Waals surface area contributed by atoms with E-state index in [1.807, 2.05) is 0 Å². The maximum atomic E-state index is 6.16. The Kier molecular flexibility index (Phi) is 4.19. The van der Waals surface area contributed by atoms with Crippen molar-refractivity contribution >= 4 is 24.2 Å². The van der Waals surface area contributed by atoms with E-state index < -0.39 is 8.32 Å². The van der Waals surface area contributed by atoms with E-state index >= 15 is 0 Å². The van der Waals surface area contributed by atoms with Crippen LogP contribution in [0.1, 0.15) is 24.0 Å². The number of fused-ring (bicyclic) bond motifs is 1. The summed E-state index contributed by atoms with van der Waals surface area (Å²) >= 11 is 3.65. The molecule has 0 bridgehead atoms. The molecule has 1 N–H and O–H groups in total. The number of hydrogen-bond donors (Lipinski definition) is 1. The molecule has 2 nitrogen and oxygen atoms in total. The van der Waals surface area contributed by atoms with Crippen molar-refractivity contribution in [1.82, 2.24) is 5.32 Å². The molecule has 1 heterocycles. The molecule has 1 aromatic rings. The average molecular weight is 328 g/mol. The second-order valence-corrected chi connectivity index (χ2v) is 11.3. The molecule has 0 spiro atoms. The number of halogens is 1. The highest BCUT2D eigenvalue weighted by atomic mass is 79.9. The third kappa shape index (κ3) is 3.37. The predicted octanol–water partition coefficient (Wildman–Crippen LogP) is 3.91. The molecule has 2 rings (SSSR count). The van der Waals surface area contributed by atoms with Gasteiger partial charge in [0.2, 0.25) is 8.32 Å². The lowest BCUT2D eigenvalue weighted by atomic mass is 9.95. The summed E-state index contributed by atoms with van der Waals surface area (Å²) in [5, 5.41) is 3.48. The molecule has 1 unspecified atom stereocenters. The van der Waals surface area contributed by atoms with Crippen LogP contribution in [0.3, 0.4) is 0 Å². The molecule has 1 atom stereocenters. The summed E-state index contributed by atoms with van der Waals surface area (Å²) in [4.78, 5) is 0. The lowest BCUT2D eigenvalue weighted by Crippen LogP contribution is -2.29. The third-order valence-electron chi connectivity index (χ3n) is 3.16.